The van der Waals surface area contributed by atoms with E-state index in [0.29, 0.717) is 6.07 Å². The van der Waals surface area contributed by atoms with Gasteiger partial charge in [-0.2, -0.15) is 0 Å². The molecule has 0 aliphatic heterocycles. The molecule has 0 aliphatic carbocycles. The highest BCUT2D eigenvalue weighted by molar-refractivity contribution is 5.34. The first-order valence-electron chi connectivity index (χ1n) is 5.91. The SMILES string of the molecule is CNC(c1ccc(C)cc1)c1cc(F)c(F)cc1F. The average molecular weight is 265 g/mol. The molecule has 0 aromatic heterocycles. The van der Waals surface area contributed by atoms with E-state index >= 15 is 0 Å². The molecule has 0 heterocycles. The maximum atomic E-state index is 13.8. The first-order chi connectivity index (χ1) is 9.02. The van der Waals surface area contributed by atoms with Crippen molar-refractivity contribution in [3.05, 3.63) is 70.5 Å². The molecule has 1 nitrogen and oxygen atoms in total. The summed E-state index contributed by atoms with van der Waals surface area (Å²) in [6.45, 7) is 1.94. The molecule has 19 heavy (non-hydrogen) atoms. The van der Waals surface area contributed by atoms with Gasteiger partial charge in [-0.05, 0) is 25.6 Å². The van der Waals surface area contributed by atoms with Gasteiger partial charge in [0, 0.05) is 11.6 Å². The molecule has 0 saturated carbocycles. The van der Waals surface area contributed by atoms with Gasteiger partial charge in [-0.25, -0.2) is 13.2 Å². The lowest BCUT2D eigenvalue weighted by molar-refractivity contribution is 0.483. The molecule has 0 amide bonds. The Kier molecular flexibility index (Phi) is 3.90. The molecular formula is C15H14F3N. The van der Waals surface area contributed by atoms with Gasteiger partial charge in [0.15, 0.2) is 11.6 Å². The van der Waals surface area contributed by atoms with E-state index in [0.717, 1.165) is 17.2 Å². The summed E-state index contributed by atoms with van der Waals surface area (Å²) in [5.74, 6) is -3.00. The minimum absolute atomic E-state index is 0.0882. The van der Waals surface area contributed by atoms with Crippen LogP contribution >= 0.6 is 0 Å². The molecule has 0 saturated heterocycles. The molecule has 0 bridgehead atoms. The zero-order valence-corrected chi connectivity index (χ0v) is 10.7. The Morgan fingerprint density at radius 1 is 0.895 bits per heavy atom. The van der Waals surface area contributed by atoms with E-state index in [1.54, 1.807) is 7.05 Å². The highest BCUT2D eigenvalue weighted by atomic mass is 19.2. The van der Waals surface area contributed by atoms with Gasteiger partial charge in [-0.15, -0.1) is 0 Å². The summed E-state index contributed by atoms with van der Waals surface area (Å²) in [5.41, 5.74) is 1.95. The Bertz CT molecular complexity index is 579. The Balaban J connectivity index is 2.47. The molecule has 0 radical (unpaired) electrons. The lowest BCUT2D eigenvalue weighted by atomic mass is 9.97. The van der Waals surface area contributed by atoms with Gasteiger partial charge < -0.3 is 5.32 Å². The largest absolute Gasteiger partial charge is 0.309 e. The zero-order chi connectivity index (χ0) is 14.0. The number of nitrogens with one attached hydrogen (secondary N) is 1. The van der Waals surface area contributed by atoms with Gasteiger partial charge in [0.1, 0.15) is 5.82 Å². The molecule has 100 valence electrons. The lowest BCUT2D eigenvalue weighted by Crippen LogP contribution is -2.19. The van der Waals surface area contributed by atoms with E-state index < -0.39 is 23.5 Å². The van der Waals surface area contributed by atoms with Crippen LogP contribution in [0, 0.1) is 24.4 Å². The van der Waals surface area contributed by atoms with E-state index in [1.807, 2.05) is 31.2 Å². The summed E-state index contributed by atoms with van der Waals surface area (Å²) in [6.07, 6.45) is 0. The Morgan fingerprint density at radius 3 is 2.05 bits per heavy atom. The normalized spacial score (nSPS) is 12.5. The number of hydrogen-bond acceptors (Lipinski definition) is 1. The van der Waals surface area contributed by atoms with E-state index in [9.17, 15) is 13.2 Å². The monoisotopic (exact) mass is 265 g/mol. The van der Waals surface area contributed by atoms with E-state index in [-0.39, 0.29) is 5.56 Å². The van der Waals surface area contributed by atoms with E-state index in [4.69, 9.17) is 0 Å². The number of hydrogen-bond donors (Lipinski definition) is 1. The number of halogens is 3. The van der Waals surface area contributed by atoms with Crippen LogP contribution in [0.4, 0.5) is 13.2 Å². The molecule has 0 spiro atoms. The van der Waals surface area contributed by atoms with Crippen LogP contribution in [0.3, 0.4) is 0 Å². The quantitative estimate of drug-likeness (QED) is 0.834. The van der Waals surface area contributed by atoms with Crippen LogP contribution in [0.25, 0.3) is 0 Å². The smallest absolute Gasteiger partial charge is 0.161 e. The van der Waals surface area contributed by atoms with Gasteiger partial charge in [0.05, 0.1) is 6.04 Å². The summed E-state index contributed by atoms with van der Waals surface area (Å²) in [7, 11) is 1.64. The van der Waals surface area contributed by atoms with Gasteiger partial charge in [0.2, 0.25) is 0 Å². The van der Waals surface area contributed by atoms with Crippen LogP contribution in [0.15, 0.2) is 36.4 Å². The van der Waals surface area contributed by atoms with Gasteiger partial charge in [-0.3, -0.25) is 0 Å². The van der Waals surface area contributed by atoms with Gasteiger partial charge in [0.25, 0.3) is 0 Å². The Morgan fingerprint density at radius 2 is 1.47 bits per heavy atom. The van der Waals surface area contributed by atoms with Crippen molar-refractivity contribution in [2.24, 2.45) is 0 Å². The van der Waals surface area contributed by atoms with Crippen molar-refractivity contribution < 1.29 is 13.2 Å². The van der Waals surface area contributed by atoms with Crippen molar-refractivity contribution in [3.8, 4) is 0 Å². The molecule has 2 aromatic rings. The highest BCUT2D eigenvalue weighted by Crippen LogP contribution is 2.26. The van der Waals surface area contributed by atoms with E-state index in [1.165, 1.54) is 0 Å². The fraction of sp³-hybridized carbons (Fsp3) is 0.200. The summed E-state index contributed by atoms with van der Waals surface area (Å²) in [4.78, 5) is 0. The first kappa shape index (κ1) is 13.6. The van der Waals surface area contributed by atoms with Crippen LogP contribution in [-0.4, -0.2) is 7.05 Å². The standard InChI is InChI=1S/C15H14F3N/c1-9-3-5-10(6-4-9)15(19-2)11-7-13(17)14(18)8-12(11)16/h3-8,15,19H,1-2H3. The minimum Gasteiger partial charge on any atom is -0.309 e. The van der Waals surface area contributed by atoms with Crippen LogP contribution in [0.2, 0.25) is 0 Å². The predicted octanol–water partition coefficient (Wildman–Crippen LogP) is 3.72. The number of rotatable bonds is 3. The van der Waals surface area contributed by atoms with Crippen LogP contribution in [0.5, 0.6) is 0 Å². The van der Waals surface area contributed by atoms with Crippen molar-refractivity contribution in [2.75, 3.05) is 7.05 Å². The van der Waals surface area contributed by atoms with E-state index in [2.05, 4.69) is 5.32 Å². The topological polar surface area (TPSA) is 12.0 Å². The summed E-state index contributed by atoms with van der Waals surface area (Å²) < 4.78 is 40.0. The van der Waals surface area contributed by atoms with Crippen molar-refractivity contribution >= 4 is 0 Å². The summed E-state index contributed by atoms with van der Waals surface area (Å²) in [5, 5.41) is 2.91. The fourth-order valence-electron chi connectivity index (χ4n) is 2.02. The maximum Gasteiger partial charge on any atom is 0.161 e. The maximum absolute atomic E-state index is 13.8. The second-order valence-electron chi connectivity index (χ2n) is 4.42. The molecule has 2 rings (SSSR count). The highest BCUT2D eigenvalue weighted by Gasteiger charge is 2.19. The van der Waals surface area contributed by atoms with Gasteiger partial charge >= 0.3 is 0 Å². The molecule has 0 aliphatic rings. The van der Waals surface area contributed by atoms with Crippen LogP contribution in [-0.2, 0) is 0 Å². The molecule has 1 atom stereocenters. The second kappa shape index (κ2) is 5.45. The molecule has 2 aromatic carbocycles. The molecule has 1 N–H and O–H groups in total. The Hall–Kier alpha value is -1.81. The van der Waals surface area contributed by atoms with Crippen molar-refractivity contribution in [2.45, 2.75) is 13.0 Å². The lowest BCUT2D eigenvalue weighted by Gasteiger charge is -2.18. The van der Waals surface area contributed by atoms with Gasteiger partial charge in [-0.1, -0.05) is 29.8 Å². The Labute approximate surface area is 110 Å². The number of benzene rings is 2. The molecule has 1 unspecified atom stereocenters. The molecule has 4 heteroatoms. The summed E-state index contributed by atoms with van der Waals surface area (Å²) in [6, 6.07) is 8.38. The van der Waals surface area contributed by atoms with Crippen molar-refractivity contribution in [3.63, 3.8) is 0 Å². The first-order valence-corrected chi connectivity index (χ1v) is 5.91. The van der Waals surface area contributed by atoms with Crippen LogP contribution < -0.4 is 5.32 Å². The summed E-state index contributed by atoms with van der Waals surface area (Å²) >= 11 is 0. The predicted molar refractivity (Wildman–Crippen MR) is 68.4 cm³/mol. The minimum atomic E-state index is -1.18. The second-order valence-corrected chi connectivity index (χ2v) is 4.42. The number of aryl methyl sites for hydroxylation is 1. The fourth-order valence-corrected chi connectivity index (χ4v) is 2.02. The zero-order valence-electron chi connectivity index (χ0n) is 10.7. The third kappa shape index (κ3) is 2.79. The average Bonchev–Trinajstić information content (AvgIpc) is 2.38. The van der Waals surface area contributed by atoms with Crippen molar-refractivity contribution in [1.82, 2.24) is 5.32 Å². The molecule has 0 fully saturated rings. The third-order valence-corrected chi connectivity index (χ3v) is 3.05. The van der Waals surface area contributed by atoms with Crippen LogP contribution in [0.1, 0.15) is 22.7 Å². The van der Waals surface area contributed by atoms with Crippen molar-refractivity contribution in [1.29, 1.82) is 0 Å². The third-order valence-electron chi connectivity index (χ3n) is 3.05. The molecular weight excluding hydrogens is 251 g/mol.